The van der Waals surface area contributed by atoms with E-state index in [2.05, 4.69) is 24.1 Å². The standard InChI is InChI=1S/C15H30N2O2/c1-13(2)8-16-10-15(5-7-19-12-15)11-17-6-4-14(9-17)18-3/h13-14,16H,4-12H2,1-3H3. The number of nitrogens with zero attached hydrogens (tertiary/aromatic N) is 1. The Bertz CT molecular complexity index is 265. The zero-order valence-corrected chi connectivity index (χ0v) is 12.8. The molecular weight excluding hydrogens is 240 g/mol. The first-order valence-electron chi connectivity index (χ1n) is 7.67. The molecule has 2 rings (SSSR count). The third kappa shape index (κ3) is 4.42. The average Bonchev–Trinajstić information content (AvgIpc) is 2.99. The average molecular weight is 270 g/mol. The summed E-state index contributed by atoms with van der Waals surface area (Å²) < 4.78 is 11.1. The van der Waals surface area contributed by atoms with Crippen LogP contribution in [0, 0.1) is 11.3 Å². The van der Waals surface area contributed by atoms with E-state index in [0.29, 0.717) is 17.4 Å². The summed E-state index contributed by atoms with van der Waals surface area (Å²) in [7, 11) is 1.83. The topological polar surface area (TPSA) is 33.7 Å². The molecule has 0 aromatic carbocycles. The first kappa shape index (κ1) is 15.2. The molecule has 0 spiro atoms. The quantitative estimate of drug-likeness (QED) is 0.757. The molecule has 2 unspecified atom stereocenters. The SMILES string of the molecule is COC1CCN(CC2(CNCC(C)C)CCOC2)C1. The van der Waals surface area contributed by atoms with Crippen molar-refractivity contribution in [1.82, 2.24) is 10.2 Å². The van der Waals surface area contributed by atoms with Gasteiger partial charge in [-0.2, -0.15) is 0 Å². The first-order chi connectivity index (χ1) is 9.13. The van der Waals surface area contributed by atoms with Crippen molar-refractivity contribution in [1.29, 1.82) is 0 Å². The van der Waals surface area contributed by atoms with Crippen LogP contribution in [0.3, 0.4) is 0 Å². The van der Waals surface area contributed by atoms with Crippen LogP contribution in [0.1, 0.15) is 26.7 Å². The molecule has 0 aliphatic carbocycles. The predicted molar refractivity (Wildman–Crippen MR) is 77.4 cm³/mol. The number of hydrogen-bond acceptors (Lipinski definition) is 4. The van der Waals surface area contributed by atoms with Crippen LogP contribution in [0.4, 0.5) is 0 Å². The van der Waals surface area contributed by atoms with E-state index in [1.54, 1.807) is 0 Å². The van der Waals surface area contributed by atoms with Gasteiger partial charge in [-0.1, -0.05) is 13.8 Å². The predicted octanol–water partition coefficient (Wildman–Crippen LogP) is 1.36. The van der Waals surface area contributed by atoms with Gasteiger partial charge in [0.05, 0.1) is 12.7 Å². The summed E-state index contributed by atoms with van der Waals surface area (Å²) in [6.45, 7) is 11.9. The molecule has 0 amide bonds. The van der Waals surface area contributed by atoms with E-state index in [9.17, 15) is 0 Å². The van der Waals surface area contributed by atoms with E-state index in [4.69, 9.17) is 9.47 Å². The zero-order valence-electron chi connectivity index (χ0n) is 12.8. The van der Waals surface area contributed by atoms with Crippen LogP contribution in [-0.2, 0) is 9.47 Å². The van der Waals surface area contributed by atoms with Crippen LogP contribution in [0.25, 0.3) is 0 Å². The van der Waals surface area contributed by atoms with Gasteiger partial charge in [-0.05, 0) is 25.3 Å². The van der Waals surface area contributed by atoms with Crippen molar-refractivity contribution in [2.75, 3.05) is 53.0 Å². The maximum absolute atomic E-state index is 5.68. The molecule has 0 saturated carbocycles. The van der Waals surface area contributed by atoms with Crippen molar-refractivity contribution in [3.63, 3.8) is 0 Å². The van der Waals surface area contributed by atoms with Gasteiger partial charge < -0.3 is 14.8 Å². The fraction of sp³-hybridized carbons (Fsp3) is 1.00. The van der Waals surface area contributed by atoms with E-state index in [0.717, 1.165) is 39.4 Å². The molecule has 0 bridgehead atoms. The number of ether oxygens (including phenoxy) is 2. The summed E-state index contributed by atoms with van der Waals surface area (Å²) in [6.07, 6.45) is 2.79. The Balaban J connectivity index is 1.81. The number of methoxy groups -OCH3 is 1. The van der Waals surface area contributed by atoms with Gasteiger partial charge in [-0.3, -0.25) is 4.90 Å². The van der Waals surface area contributed by atoms with E-state index in [-0.39, 0.29) is 0 Å². The molecule has 2 fully saturated rings. The number of rotatable bonds is 7. The van der Waals surface area contributed by atoms with Gasteiger partial charge >= 0.3 is 0 Å². The molecule has 2 saturated heterocycles. The van der Waals surface area contributed by atoms with E-state index in [1.165, 1.54) is 19.4 Å². The van der Waals surface area contributed by atoms with E-state index >= 15 is 0 Å². The fourth-order valence-electron chi connectivity index (χ4n) is 3.20. The molecule has 19 heavy (non-hydrogen) atoms. The Hall–Kier alpha value is -0.160. The Labute approximate surface area is 117 Å². The summed E-state index contributed by atoms with van der Waals surface area (Å²) >= 11 is 0. The number of nitrogens with one attached hydrogen (secondary N) is 1. The van der Waals surface area contributed by atoms with Crippen LogP contribution < -0.4 is 5.32 Å². The Morgan fingerprint density at radius 3 is 2.89 bits per heavy atom. The second-order valence-electron chi connectivity index (χ2n) is 6.71. The van der Waals surface area contributed by atoms with Crippen molar-refractivity contribution in [2.45, 2.75) is 32.8 Å². The summed E-state index contributed by atoms with van der Waals surface area (Å²) in [4.78, 5) is 2.56. The molecule has 4 nitrogen and oxygen atoms in total. The molecule has 112 valence electrons. The third-order valence-corrected chi connectivity index (χ3v) is 4.36. The first-order valence-corrected chi connectivity index (χ1v) is 7.67. The van der Waals surface area contributed by atoms with Crippen LogP contribution in [0.5, 0.6) is 0 Å². The van der Waals surface area contributed by atoms with Crippen LogP contribution in [0.15, 0.2) is 0 Å². The molecule has 2 heterocycles. The Morgan fingerprint density at radius 2 is 2.32 bits per heavy atom. The highest BCUT2D eigenvalue weighted by molar-refractivity contribution is 4.91. The lowest BCUT2D eigenvalue weighted by atomic mass is 9.86. The molecule has 1 N–H and O–H groups in total. The minimum Gasteiger partial charge on any atom is -0.381 e. The zero-order chi connectivity index (χ0) is 13.7. The lowest BCUT2D eigenvalue weighted by Crippen LogP contribution is -2.45. The summed E-state index contributed by atoms with van der Waals surface area (Å²) in [5, 5.41) is 3.63. The van der Waals surface area contributed by atoms with Crippen molar-refractivity contribution in [3.05, 3.63) is 0 Å². The Morgan fingerprint density at radius 1 is 1.47 bits per heavy atom. The molecule has 4 heteroatoms. The Kier molecular flexibility index (Phi) is 5.63. The van der Waals surface area contributed by atoms with Crippen LogP contribution >= 0.6 is 0 Å². The van der Waals surface area contributed by atoms with Gasteiger partial charge in [-0.25, -0.2) is 0 Å². The summed E-state index contributed by atoms with van der Waals surface area (Å²) in [6, 6.07) is 0. The van der Waals surface area contributed by atoms with Crippen molar-refractivity contribution >= 4 is 0 Å². The van der Waals surface area contributed by atoms with Crippen molar-refractivity contribution in [2.24, 2.45) is 11.3 Å². The van der Waals surface area contributed by atoms with Crippen LogP contribution in [-0.4, -0.2) is 64.1 Å². The smallest absolute Gasteiger partial charge is 0.0710 e. The number of hydrogen-bond donors (Lipinski definition) is 1. The highest BCUT2D eigenvalue weighted by atomic mass is 16.5. The largest absolute Gasteiger partial charge is 0.381 e. The normalized spacial score (nSPS) is 32.5. The molecule has 2 aliphatic rings. The molecule has 0 radical (unpaired) electrons. The van der Waals surface area contributed by atoms with Gasteiger partial charge in [0, 0.05) is 45.3 Å². The molecule has 2 atom stereocenters. The third-order valence-electron chi connectivity index (χ3n) is 4.36. The molecule has 0 aromatic rings. The molecular formula is C15H30N2O2. The lowest BCUT2D eigenvalue weighted by Gasteiger charge is -2.32. The highest BCUT2D eigenvalue weighted by Crippen LogP contribution is 2.30. The highest BCUT2D eigenvalue weighted by Gasteiger charge is 2.38. The second kappa shape index (κ2) is 7.02. The van der Waals surface area contributed by atoms with Gasteiger partial charge in [-0.15, -0.1) is 0 Å². The van der Waals surface area contributed by atoms with E-state index < -0.39 is 0 Å². The van der Waals surface area contributed by atoms with Gasteiger partial charge in [0.1, 0.15) is 0 Å². The van der Waals surface area contributed by atoms with Crippen molar-refractivity contribution in [3.8, 4) is 0 Å². The van der Waals surface area contributed by atoms with E-state index in [1.807, 2.05) is 7.11 Å². The van der Waals surface area contributed by atoms with Crippen molar-refractivity contribution < 1.29 is 9.47 Å². The monoisotopic (exact) mass is 270 g/mol. The summed E-state index contributed by atoms with van der Waals surface area (Å²) in [5.74, 6) is 0.712. The fourth-order valence-corrected chi connectivity index (χ4v) is 3.20. The van der Waals surface area contributed by atoms with Crippen LogP contribution in [0.2, 0.25) is 0 Å². The lowest BCUT2D eigenvalue weighted by molar-refractivity contribution is 0.0883. The minimum absolute atomic E-state index is 0.317. The number of likely N-dealkylation sites (tertiary alicyclic amines) is 1. The molecule has 2 aliphatic heterocycles. The van der Waals surface area contributed by atoms with Gasteiger partial charge in [0.15, 0.2) is 0 Å². The van der Waals surface area contributed by atoms with Gasteiger partial charge in [0.25, 0.3) is 0 Å². The summed E-state index contributed by atoms with van der Waals surface area (Å²) in [5.41, 5.74) is 0.317. The second-order valence-corrected chi connectivity index (χ2v) is 6.71. The maximum atomic E-state index is 5.68. The maximum Gasteiger partial charge on any atom is 0.0710 e. The van der Waals surface area contributed by atoms with Gasteiger partial charge in [0.2, 0.25) is 0 Å². The minimum atomic E-state index is 0.317. The molecule has 0 aromatic heterocycles.